The standard InChI is InChI=1S/C8H7ClN6O2/c9-5-2-1-4(3-6(5)15(16)17)14-8(11)12-7(10)13-14/h1-3H,(H4,10,11,12,13). The van der Waals surface area contributed by atoms with Crippen LogP contribution in [0.25, 0.3) is 5.69 Å². The molecule has 0 aliphatic heterocycles. The van der Waals surface area contributed by atoms with E-state index in [9.17, 15) is 10.1 Å². The predicted molar refractivity (Wildman–Crippen MR) is 61.8 cm³/mol. The molecule has 1 aromatic carbocycles. The Morgan fingerprint density at radius 2 is 2.12 bits per heavy atom. The predicted octanol–water partition coefficient (Wildman–Crippen LogP) is 0.993. The number of aromatic nitrogens is 3. The number of benzene rings is 1. The second kappa shape index (κ2) is 3.91. The van der Waals surface area contributed by atoms with Crippen molar-refractivity contribution in [3.05, 3.63) is 33.3 Å². The quantitative estimate of drug-likeness (QED) is 0.608. The first-order chi connectivity index (χ1) is 7.99. The Morgan fingerprint density at radius 3 is 2.65 bits per heavy atom. The lowest BCUT2D eigenvalue weighted by atomic mass is 10.3. The van der Waals surface area contributed by atoms with Gasteiger partial charge in [0.2, 0.25) is 11.9 Å². The molecule has 0 unspecified atom stereocenters. The van der Waals surface area contributed by atoms with Crippen LogP contribution < -0.4 is 11.5 Å². The van der Waals surface area contributed by atoms with Crippen molar-refractivity contribution in [1.29, 1.82) is 0 Å². The van der Waals surface area contributed by atoms with Crippen LogP contribution in [0, 0.1) is 10.1 Å². The first-order valence-electron chi connectivity index (χ1n) is 4.41. The maximum Gasteiger partial charge on any atom is 0.290 e. The van der Waals surface area contributed by atoms with E-state index in [0.717, 1.165) is 0 Å². The van der Waals surface area contributed by atoms with Crippen molar-refractivity contribution in [2.75, 3.05) is 11.5 Å². The van der Waals surface area contributed by atoms with E-state index in [1.807, 2.05) is 0 Å². The Balaban J connectivity index is 2.57. The highest BCUT2D eigenvalue weighted by atomic mass is 35.5. The number of nitro groups is 1. The number of rotatable bonds is 2. The van der Waals surface area contributed by atoms with Crippen molar-refractivity contribution in [2.45, 2.75) is 0 Å². The first kappa shape index (κ1) is 11.1. The Hall–Kier alpha value is -2.35. The molecule has 0 saturated heterocycles. The molecule has 8 nitrogen and oxygen atoms in total. The Kier molecular flexibility index (Phi) is 2.56. The van der Waals surface area contributed by atoms with Gasteiger partial charge in [0.25, 0.3) is 5.69 Å². The number of nitrogens with two attached hydrogens (primary N) is 2. The third-order valence-corrected chi connectivity index (χ3v) is 2.34. The van der Waals surface area contributed by atoms with Crippen LogP contribution in [0.3, 0.4) is 0 Å². The van der Waals surface area contributed by atoms with Gasteiger partial charge in [-0.15, -0.1) is 5.10 Å². The summed E-state index contributed by atoms with van der Waals surface area (Å²) in [5.74, 6) is 0.0271. The summed E-state index contributed by atoms with van der Waals surface area (Å²) in [5.41, 5.74) is 11.0. The van der Waals surface area contributed by atoms with E-state index >= 15 is 0 Å². The van der Waals surface area contributed by atoms with Crippen LogP contribution in [0.4, 0.5) is 17.6 Å². The molecular formula is C8H7ClN6O2. The lowest BCUT2D eigenvalue weighted by molar-refractivity contribution is -0.384. The highest BCUT2D eigenvalue weighted by Crippen LogP contribution is 2.27. The molecule has 0 aliphatic rings. The minimum absolute atomic E-state index is 0.0138. The van der Waals surface area contributed by atoms with Crippen LogP contribution in [0.1, 0.15) is 0 Å². The zero-order valence-electron chi connectivity index (χ0n) is 8.37. The molecule has 0 aliphatic carbocycles. The molecule has 0 bridgehead atoms. The maximum atomic E-state index is 10.7. The summed E-state index contributed by atoms with van der Waals surface area (Å²) in [4.78, 5) is 13.8. The van der Waals surface area contributed by atoms with Gasteiger partial charge in [-0.2, -0.15) is 9.67 Å². The summed E-state index contributed by atoms with van der Waals surface area (Å²) in [6.45, 7) is 0. The van der Waals surface area contributed by atoms with Gasteiger partial charge in [-0.05, 0) is 12.1 Å². The third kappa shape index (κ3) is 1.97. The fourth-order valence-electron chi connectivity index (χ4n) is 1.30. The highest BCUT2D eigenvalue weighted by Gasteiger charge is 2.15. The molecule has 1 heterocycles. The fourth-order valence-corrected chi connectivity index (χ4v) is 1.49. The first-order valence-corrected chi connectivity index (χ1v) is 4.79. The number of hydrogen-bond acceptors (Lipinski definition) is 6. The number of nitrogens with zero attached hydrogens (tertiary/aromatic N) is 4. The van der Waals surface area contributed by atoms with E-state index in [0.29, 0.717) is 5.69 Å². The fraction of sp³-hybridized carbons (Fsp3) is 0. The number of nitrogen functional groups attached to an aromatic ring is 2. The van der Waals surface area contributed by atoms with Gasteiger partial charge in [0.1, 0.15) is 5.02 Å². The molecule has 4 N–H and O–H groups in total. The molecule has 0 fully saturated rings. The van der Waals surface area contributed by atoms with Crippen molar-refractivity contribution < 1.29 is 4.92 Å². The average molecular weight is 255 g/mol. The minimum atomic E-state index is -0.595. The van der Waals surface area contributed by atoms with Crippen molar-refractivity contribution >= 4 is 29.2 Å². The Morgan fingerprint density at radius 1 is 1.41 bits per heavy atom. The summed E-state index contributed by atoms with van der Waals surface area (Å²) in [6.07, 6.45) is 0. The maximum absolute atomic E-state index is 10.7. The molecule has 2 rings (SSSR count). The van der Waals surface area contributed by atoms with E-state index < -0.39 is 4.92 Å². The summed E-state index contributed by atoms with van der Waals surface area (Å²) in [5, 5.41) is 14.6. The largest absolute Gasteiger partial charge is 0.368 e. The van der Waals surface area contributed by atoms with Crippen molar-refractivity contribution in [3.63, 3.8) is 0 Å². The molecule has 0 radical (unpaired) electrons. The minimum Gasteiger partial charge on any atom is -0.368 e. The molecular weight excluding hydrogens is 248 g/mol. The normalized spacial score (nSPS) is 10.4. The van der Waals surface area contributed by atoms with E-state index in [-0.39, 0.29) is 22.6 Å². The van der Waals surface area contributed by atoms with Crippen molar-refractivity contribution in [3.8, 4) is 5.69 Å². The Labute approximate surface area is 100.0 Å². The van der Waals surface area contributed by atoms with Crippen LogP contribution in [0.15, 0.2) is 18.2 Å². The van der Waals surface area contributed by atoms with E-state index in [1.54, 1.807) is 0 Å². The lowest BCUT2D eigenvalue weighted by Crippen LogP contribution is -2.03. The van der Waals surface area contributed by atoms with Gasteiger partial charge in [-0.3, -0.25) is 10.1 Å². The van der Waals surface area contributed by atoms with E-state index in [2.05, 4.69) is 10.1 Å². The Bertz CT molecular complexity index is 596. The van der Waals surface area contributed by atoms with Gasteiger partial charge in [0.05, 0.1) is 10.6 Å². The van der Waals surface area contributed by atoms with Crippen molar-refractivity contribution in [2.24, 2.45) is 0 Å². The van der Waals surface area contributed by atoms with Gasteiger partial charge in [-0.25, -0.2) is 0 Å². The van der Waals surface area contributed by atoms with Gasteiger partial charge in [0, 0.05) is 6.07 Å². The molecule has 0 saturated carbocycles. The molecule has 1 aromatic heterocycles. The number of anilines is 2. The molecule has 17 heavy (non-hydrogen) atoms. The number of nitro benzene ring substituents is 1. The summed E-state index contributed by atoms with van der Waals surface area (Å²) in [7, 11) is 0. The smallest absolute Gasteiger partial charge is 0.290 e. The lowest BCUT2D eigenvalue weighted by Gasteiger charge is -2.02. The SMILES string of the molecule is Nc1nc(N)n(-c2ccc(Cl)c([N+](=O)[O-])c2)n1. The van der Waals surface area contributed by atoms with Crippen LogP contribution in [-0.2, 0) is 0 Å². The van der Waals surface area contributed by atoms with Gasteiger partial charge in [-0.1, -0.05) is 11.6 Å². The van der Waals surface area contributed by atoms with E-state index in [1.165, 1.54) is 22.9 Å². The average Bonchev–Trinajstić information content (AvgIpc) is 2.58. The number of halogens is 1. The highest BCUT2D eigenvalue weighted by molar-refractivity contribution is 6.32. The monoisotopic (exact) mass is 254 g/mol. The summed E-state index contributed by atoms with van der Waals surface area (Å²) < 4.78 is 1.19. The van der Waals surface area contributed by atoms with Crippen molar-refractivity contribution in [1.82, 2.24) is 14.8 Å². The van der Waals surface area contributed by atoms with E-state index in [4.69, 9.17) is 23.1 Å². The zero-order valence-corrected chi connectivity index (χ0v) is 9.13. The molecule has 0 atom stereocenters. The second-order valence-electron chi connectivity index (χ2n) is 3.13. The molecule has 9 heteroatoms. The summed E-state index contributed by atoms with van der Waals surface area (Å²) >= 11 is 5.68. The molecule has 0 amide bonds. The topological polar surface area (TPSA) is 126 Å². The zero-order chi connectivity index (χ0) is 12.6. The van der Waals surface area contributed by atoms with Gasteiger partial charge < -0.3 is 11.5 Å². The molecule has 0 spiro atoms. The van der Waals surface area contributed by atoms with Crippen LogP contribution >= 0.6 is 11.6 Å². The van der Waals surface area contributed by atoms with Gasteiger partial charge in [0.15, 0.2) is 0 Å². The van der Waals surface area contributed by atoms with Crippen LogP contribution in [-0.4, -0.2) is 19.7 Å². The number of hydrogen-bond donors (Lipinski definition) is 2. The van der Waals surface area contributed by atoms with Gasteiger partial charge >= 0.3 is 0 Å². The van der Waals surface area contributed by atoms with Crippen LogP contribution in [0.5, 0.6) is 0 Å². The second-order valence-corrected chi connectivity index (χ2v) is 3.54. The molecule has 88 valence electrons. The molecule has 2 aromatic rings. The third-order valence-electron chi connectivity index (χ3n) is 2.02. The van der Waals surface area contributed by atoms with Crippen LogP contribution in [0.2, 0.25) is 5.02 Å². The summed E-state index contributed by atoms with van der Waals surface area (Å²) in [6, 6.07) is 4.15.